The molecule has 0 spiro atoms. The van der Waals surface area contributed by atoms with Crippen molar-refractivity contribution in [1.82, 2.24) is 9.55 Å². The lowest BCUT2D eigenvalue weighted by atomic mass is 10.3. The van der Waals surface area contributed by atoms with Crippen molar-refractivity contribution in [3.05, 3.63) is 38.8 Å². The molecule has 2 rings (SSSR count). The van der Waals surface area contributed by atoms with E-state index in [1.54, 1.807) is 6.07 Å². The van der Waals surface area contributed by atoms with E-state index in [1.807, 2.05) is 18.4 Å². The molecule has 0 saturated heterocycles. The molecule has 90 valence electrons. The second-order valence-electron chi connectivity index (χ2n) is 4.11. The second kappa shape index (κ2) is 4.74. The van der Waals surface area contributed by atoms with Gasteiger partial charge in [0.25, 0.3) is 0 Å². The molecule has 1 N–H and O–H groups in total. The van der Waals surface area contributed by atoms with Crippen LogP contribution in [0.3, 0.4) is 0 Å². The quantitative estimate of drug-likeness (QED) is 0.636. The number of hydrogen-bond donors (Lipinski definition) is 1. The molecule has 0 aliphatic carbocycles. The Kier molecular flexibility index (Phi) is 3.49. The summed E-state index contributed by atoms with van der Waals surface area (Å²) < 4.78 is 16.4. The van der Waals surface area contributed by atoms with E-state index in [0.29, 0.717) is 15.8 Å². The van der Waals surface area contributed by atoms with Gasteiger partial charge < -0.3 is 9.55 Å². The van der Waals surface area contributed by atoms with Crippen molar-refractivity contribution < 1.29 is 4.39 Å². The van der Waals surface area contributed by atoms with Crippen LogP contribution < -0.4 is 0 Å². The maximum Gasteiger partial charge on any atom is 0.178 e. The molecule has 0 fully saturated rings. The molecule has 17 heavy (non-hydrogen) atoms. The highest BCUT2D eigenvalue weighted by Gasteiger charge is 2.07. The second-order valence-corrected chi connectivity index (χ2v) is 5.35. The van der Waals surface area contributed by atoms with Gasteiger partial charge in [0.05, 0.1) is 15.5 Å². The lowest BCUT2D eigenvalue weighted by molar-refractivity contribution is 0.622. The lowest BCUT2D eigenvalue weighted by Crippen LogP contribution is -1.95. The first-order valence-corrected chi connectivity index (χ1v) is 6.40. The zero-order valence-corrected chi connectivity index (χ0v) is 12.0. The molecule has 0 atom stereocenters. The molecule has 0 radical (unpaired) electrons. The first kappa shape index (κ1) is 12.5. The molecular weight excluding hydrogens is 303 g/mol. The van der Waals surface area contributed by atoms with Crippen LogP contribution in [0.5, 0.6) is 0 Å². The number of nitrogens with one attached hydrogen (secondary N) is 1. The van der Waals surface area contributed by atoms with E-state index in [0.717, 1.165) is 11.0 Å². The monoisotopic (exact) mass is 314 g/mol. The fraction of sp³-hybridized carbons (Fsp3) is 0.250. The maximum atomic E-state index is 13.4. The fourth-order valence-corrected chi connectivity index (χ4v) is 2.22. The Morgan fingerprint density at radius 2 is 2.24 bits per heavy atom. The number of allylic oxidation sites excluding steroid dienone is 2. The van der Waals surface area contributed by atoms with Crippen LogP contribution in [-0.4, -0.2) is 9.55 Å². The van der Waals surface area contributed by atoms with Crippen LogP contribution in [0.4, 0.5) is 4.39 Å². The molecule has 5 heteroatoms. The summed E-state index contributed by atoms with van der Waals surface area (Å²) in [6.45, 7) is 4.77. The van der Waals surface area contributed by atoms with Gasteiger partial charge in [0.1, 0.15) is 5.82 Å². The molecule has 1 aromatic carbocycles. The summed E-state index contributed by atoms with van der Waals surface area (Å²) in [5.74, 6) is -0.289. The van der Waals surface area contributed by atoms with Gasteiger partial charge in [0, 0.05) is 12.6 Å². The highest BCUT2D eigenvalue weighted by Crippen LogP contribution is 2.23. The number of fused-ring (bicyclic) bond motifs is 1. The summed E-state index contributed by atoms with van der Waals surface area (Å²) >= 11 is 8.42. The minimum Gasteiger partial charge on any atom is -0.330 e. The Balaban J connectivity index is 2.63. The van der Waals surface area contributed by atoms with Crippen molar-refractivity contribution in [3.63, 3.8) is 0 Å². The molecule has 1 aromatic heterocycles. The number of rotatable bonds is 2. The zero-order valence-electron chi connectivity index (χ0n) is 9.55. The van der Waals surface area contributed by atoms with Crippen LogP contribution >= 0.6 is 28.1 Å². The van der Waals surface area contributed by atoms with Gasteiger partial charge in [-0.05, 0) is 48.1 Å². The van der Waals surface area contributed by atoms with Crippen molar-refractivity contribution in [2.45, 2.75) is 20.4 Å². The molecular formula is C12H12BrFN2S. The Hall–Kier alpha value is -0.940. The predicted molar refractivity (Wildman–Crippen MR) is 74.2 cm³/mol. The number of hydrogen-bond acceptors (Lipinski definition) is 1. The van der Waals surface area contributed by atoms with Gasteiger partial charge in [-0.1, -0.05) is 11.6 Å². The average molecular weight is 315 g/mol. The number of aromatic amines is 1. The Labute approximate surface area is 112 Å². The van der Waals surface area contributed by atoms with Gasteiger partial charge in [-0.15, -0.1) is 0 Å². The summed E-state index contributed by atoms with van der Waals surface area (Å²) in [4.78, 5) is 3.01. The van der Waals surface area contributed by atoms with E-state index >= 15 is 0 Å². The van der Waals surface area contributed by atoms with Crippen molar-refractivity contribution in [2.75, 3.05) is 0 Å². The molecule has 0 saturated carbocycles. The van der Waals surface area contributed by atoms with Crippen molar-refractivity contribution in [1.29, 1.82) is 0 Å². The number of aromatic nitrogens is 2. The van der Waals surface area contributed by atoms with Gasteiger partial charge in [0.15, 0.2) is 4.77 Å². The average Bonchev–Trinajstić information content (AvgIpc) is 2.52. The summed E-state index contributed by atoms with van der Waals surface area (Å²) in [5.41, 5.74) is 2.85. The van der Waals surface area contributed by atoms with Crippen LogP contribution in [-0.2, 0) is 6.54 Å². The SMILES string of the molecule is CC(C)=CCn1c(=S)[nH]c2cc(F)c(Br)cc21. The third-order valence-electron chi connectivity index (χ3n) is 2.50. The highest BCUT2D eigenvalue weighted by molar-refractivity contribution is 9.10. The van der Waals surface area contributed by atoms with E-state index in [9.17, 15) is 4.39 Å². The van der Waals surface area contributed by atoms with E-state index in [-0.39, 0.29) is 5.82 Å². The van der Waals surface area contributed by atoms with Crippen LogP contribution in [0.1, 0.15) is 13.8 Å². The highest BCUT2D eigenvalue weighted by atomic mass is 79.9. The Morgan fingerprint density at radius 1 is 1.53 bits per heavy atom. The minimum atomic E-state index is -0.289. The number of nitrogens with zero attached hydrogens (tertiary/aromatic N) is 1. The molecule has 2 aromatic rings. The fourth-order valence-electron chi connectivity index (χ4n) is 1.61. The van der Waals surface area contributed by atoms with Gasteiger partial charge in [-0.2, -0.15) is 0 Å². The maximum absolute atomic E-state index is 13.4. The first-order chi connectivity index (χ1) is 7.99. The Bertz CT molecular complexity index is 650. The first-order valence-electron chi connectivity index (χ1n) is 5.20. The van der Waals surface area contributed by atoms with E-state index in [2.05, 4.69) is 27.0 Å². The number of imidazole rings is 1. The molecule has 0 aliphatic rings. The largest absolute Gasteiger partial charge is 0.330 e. The number of halogens is 2. The lowest BCUT2D eigenvalue weighted by Gasteiger charge is -2.02. The molecule has 2 nitrogen and oxygen atoms in total. The summed E-state index contributed by atoms with van der Waals surface area (Å²) in [7, 11) is 0. The molecule has 0 amide bonds. The number of benzene rings is 1. The van der Waals surface area contributed by atoms with Gasteiger partial charge >= 0.3 is 0 Å². The van der Waals surface area contributed by atoms with E-state index < -0.39 is 0 Å². The van der Waals surface area contributed by atoms with Crippen molar-refractivity contribution >= 4 is 39.2 Å². The van der Waals surface area contributed by atoms with Crippen LogP contribution in [0.25, 0.3) is 11.0 Å². The van der Waals surface area contributed by atoms with Crippen LogP contribution in [0.15, 0.2) is 28.3 Å². The molecule has 0 unspecified atom stereocenters. The molecule has 0 aliphatic heterocycles. The smallest absolute Gasteiger partial charge is 0.178 e. The van der Waals surface area contributed by atoms with Crippen LogP contribution in [0, 0.1) is 10.6 Å². The minimum absolute atomic E-state index is 0.289. The molecule has 0 bridgehead atoms. The van der Waals surface area contributed by atoms with Crippen molar-refractivity contribution in [3.8, 4) is 0 Å². The summed E-state index contributed by atoms with van der Waals surface area (Å²) in [6.07, 6.45) is 2.08. The zero-order chi connectivity index (χ0) is 12.6. The predicted octanol–water partition coefficient (Wildman–Crippen LogP) is 4.57. The van der Waals surface area contributed by atoms with E-state index in [1.165, 1.54) is 11.6 Å². The normalized spacial score (nSPS) is 10.8. The van der Waals surface area contributed by atoms with Gasteiger partial charge in [-0.25, -0.2) is 4.39 Å². The summed E-state index contributed by atoms with van der Waals surface area (Å²) in [6, 6.07) is 3.20. The number of H-pyrrole nitrogens is 1. The topological polar surface area (TPSA) is 20.7 Å². The van der Waals surface area contributed by atoms with Crippen LogP contribution in [0.2, 0.25) is 0 Å². The Morgan fingerprint density at radius 3 is 2.88 bits per heavy atom. The van der Waals surface area contributed by atoms with Crippen molar-refractivity contribution in [2.24, 2.45) is 0 Å². The summed E-state index contributed by atoms with van der Waals surface area (Å²) in [5, 5.41) is 0. The standard InChI is InChI=1S/C12H12BrFN2S/c1-7(2)3-4-16-11-5-8(13)9(14)6-10(11)15-12(16)17/h3,5-6H,4H2,1-2H3,(H,15,17). The third-order valence-corrected chi connectivity index (χ3v) is 3.43. The third kappa shape index (κ3) is 2.50. The molecule has 1 heterocycles. The van der Waals surface area contributed by atoms with Gasteiger partial charge in [-0.3, -0.25) is 0 Å². The van der Waals surface area contributed by atoms with E-state index in [4.69, 9.17) is 12.2 Å². The van der Waals surface area contributed by atoms with Gasteiger partial charge in [0.2, 0.25) is 0 Å².